The summed E-state index contributed by atoms with van der Waals surface area (Å²) in [5.74, 6) is -2.07. The summed E-state index contributed by atoms with van der Waals surface area (Å²) in [6, 6.07) is 10.8. The molecule has 1 saturated heterocycles. The van der Waals surface area contributed by atoms with Crippen LogP contribution in [0.3, 0.4) is 0 Å². The third-order valence-corrected chi connectivity index (χ3v) is 7.69. The maximum atomic E-state index is 13.1. The van der Waals surface area contributed by atoms with E-state index >= 15 is 0 Å². The molecule has 1 aliphatic heterocycles. The summed E-state index contributed by atoms with van der Waals surface area (Å²) in [6.45, 7) is 2.20. The smallest absolute Gasteiger partial charge is 0.326 e. The van der Waals surface area contributed by atoms with Crippen LogP contribution in [0.2, 0.25) is 0 Å². The van der Waals surface area contributed by atoms with Crippen molar-refractivity contribution in [2.45, 2.75) is 43.2 Å². The molecule has 1 heterocycles. The first kappa shape index (κ1) is 26.3. The fraction of sp³-hybridized carbons (Fsp3) is 0.375. The van der Waals surface area contributed by atoms with E-state index in [-0.39, 0.29) is 30.3 Å². The number of amides is 2. The van der Waals surface area contributed by atoms with Crippen LogP contribution >= 0.6 is 0 Å². The Morgan fingerprint density at radius 2 is 1.74 bits per heavy atom. The lowest BCUT2D eigenvalue weighted by molar-refractivity contribution is -0.142. The van der Waals surface area contributed by atoms with E-state index in [9.17, 15) is 27.9 Å². The number of sulfonamides is 1. The average Bonchev–Trinajstić information content (AvgIpc) is 3.31. The summed E-state index contributed by atoms with van der Waals surface area (Å²) in [5, 5.41) is 17.6. The number of carbonyl (C=O) groups excluding carboxylic acids is 2. The highest BCUT2D eigenvalue weighted by atomic mass is 32.2. The van der Waals surface area contributed by atoms with E-state index in [1.807, 2.05) is 6.92 Å². The number of hydrogen-bond donors (Lipinski definition) is 4. The van der Waals surface area contributed by atoms with E-state index in [2.05, 4.69) is 16.0 Å². The molecule has 2 amide bonds. The summed E-state index contributed by atoms with van der Waals surface area (Å²) in [4.78, 5) is 36.6. The molecule has 11 heteroatoms. The molecule has 0 saturated carbocycles. The zero-order valence-corrected chi connectivity index (χ0v) is 20.5. The molecule has 2 aromatic carbocycles. The Morgan fingerprint density at radius 1 is 1.09 bits per heavy atom. The molecule has 1 fully saturated rings. The van der Waals surface area contributed by atoms with E-state index < -0.39 is 34.0 Å². The van der Waals surface area contributed by atoms with E-state index in [1.54, 1.807) is 43.4 Å². The highest BCUT2D eigenvalue weighted by Gasteiger charge is 2.40. The van der Waals surface area contributed by atoms with Crippen molar-refractivity contribution in [1.82, 2.24) is 14.9 Å². The van der Waals surface area contributed by atoms with Gasteiger partial charge in [0.1, 0.15) is 12.1 Å². The minimum atomic E-state index is -3.90. The van der Waals surface area contributed by atoms with Crippen LogP contribution < -0.4 is 16.0 Å². The number of anilines is 1. The minimum Gasteiger partial charge on any atom is -0.480 e. The number of nitrogens with one attached hydrogen (secondary N) is 3. The van der Waals surface area contributed by atoms with Crippen molar-refractivity contribution in [3.8, 4) is 0 Å². The van der Waals surface area contributed by atoms with Gasteiger partial charge in [0.05, 0.1) is 11.4 Å². The van der Waals surface area contributed by atoms with Crippen molar-refractivity contribution in [3.63, 3.8) is 0 Å². The lowest BCUT2D eigenvalue weighted by atomic mass is 10.0. The lowest BCUT2D eigenvalue weighted by Crippen LogP contribution is -2.51. The molecule has 2 atom stereocenters. The van der Waals surface area contributed by atoms with Gasteiger partial charge in [0, 0.05) is 18.7 Å². The summed E-state index contributed by atoms with van der Waals surface area (Å²) in [5.41, 5.74) is 2.12. The monoisotopic (exact) mass is 502 g/mol. The van der Waals surface area contributed by atoms with Crippen molar-refractivity contribution in [3.05, 3.63) is 59.7 Å². The summed E-state index contributed by atoms with van der Waals surface area (Å²) >= 11 is 0. The third-order valence-electron chi connectivity index (χ3n) is 5.76. The van der Waals surface area contributed by atoms with Crippen LogP contribution in [0.4, 0.5) is 5.69 Å². The zero-order chi connectivity index (χ0) is 25.6. The van der Waals surface area contributed by atoms with Gasteiger partial charge < -0.3 is 21.1 Å². The van der Waals surface area contributed by atoms with Gasteiger partial charge in [-0.15, -0.1) is 0 Å². The third kappa shape index (κ3) is 6.65. The maximum Gasteiger partial charge on any atom is 0.326 e. The van der Waals surface area contributed by atoms with Gasteiger partial charge in [0.15, 0.2) is 0 Å². The number of nitrogens with zero attached hydrogens (tertiary/aromatic N) is 1. The predicted octanol–water partition coefficient (Wildman–Crippen LogP) is 1.12. The second-order valence-corrected chi connectivity index (χ2v) is 10.4. The largest absolute Gasteiger partial charge is 0.480 e. The standard InChI is InChI=1S/C24H30N4O6S/c1-16-5-11-19(12-6-16)35(33,34)28-13-3-4-21(28)23(30)27-20(24(31)32)14-17-7-9-18(10-8-17)26-22(29)15-25-2/h5-12,20-21,25H,3-4,13-15H2,1-2H3,(H,26,29)(H,27,30)(H,31,32)/t20-,21-/m0/s1. The van der Waals surface area contributed by atoms with Crippen molar-refractivity contribution in [1.29, 1.82) is 0 Å². The highest BCUT2D eigenvalue weighted by Crippen LogP contribution is 2.26. The lowest BCUT2D eigenvalue weighted by Gasteiger charge is -2.25. The van der Waals surface area contributed by atoms with Gasteiger partial charge >= 0.3 is 5.97 Å². The molecular formula is C24H30N4O6S. The fourth-order valence-corrected chi connectivity index (χ4v) is 5.59. The van der Waals surface area contributed by atoms with Crippen molar-refractivity contribution < 1.29 is 27.9 Å². The molecule has 0 radical (unpaired) electrons. The number of aliphatic carboxylic acids is 1. The Bertz CT molecular complexity index is 1170. The Kier molecular flexibility index (Phi) is 8.60. The normalized spacial score (nSPS) is 17.0. The molecule has 0 spiro atoms. The summed E-state index contributed by atoms with van der Waals surface area (Å²) in [6.07, 6.45) is 0.815. The Morgan fingerprint density at radius 3 is 2.34 bits per heavy atom. The van der Waals surface area contributed by atoms with Crippen LogP contribution in [-0.4, -0.2) is 67.8 Å². The molecule has 188 valence electrons. The van der Waals surface area contributed by atoms with Crippen LogP contribution in [0, 0.1) is 6.92 Å². The second-order valence-electron chi connectivity index (χ2n) is 8.47. The van der Waals surface area contributed by atoms with Crippen molar-refractivity contribution >= 4 is 33.5 Å². The number of likely N-dealkylation sites (N-methyl/N-ethyl adjacent to an activating group) is 1. The Hall–Kier alpha value is -3.28. The van der Waals surface area contributed by atoms with Gasteiger partial charge in [-0.2, -0.15) is 4.31 Å². The predicted molar refractivity (Wildman–Crippen MR) is 130 cm³/mol. The molecule has 4 N–H and O–H groups in total. The topological polar surface area (TPSA) is 145 Å². The Labute approximate surface area is 204 Å². The van der Waals surface area contributed by atoms with Gasteiger partial charge in [-0.1, -0.05) is 29.8 Å². The van der Waals surface area contributed by atoms with Crippen LogP contribution in [0.1, 0.15) is 24.0 Å². The van der Waals surface area contributed by atoms with E-state index in [0.717, 1.165) is 9.87 Å². The first-order valence-electron chi connectivity index (χ1n) is 11.3. The first-order chi connectivity index (χ1) is 16.6. The molecule has 35 heavy (non-hydrogen) atoms. The minimum absolute atomic E-state index is 0.00322. The van der Waals surface area contributed by atoms with Crippen LogP contribution in [0.5, 0.6) is 0 Å². The molecule has 3 rings (SSSR count). The summed E-state index contributed by atoms with van der Waals surface area (Å²) in [7, 11) is -2.24. The maximum absolute atomic E-state index is 13.1. The van der Waals surface area contributed by atoms with Crippen molar-refractivity contribution in [2.24, 2.45) is 0 Å². The van der Waals surface area contributed by atoms with Gasteiger partial charge in [0.25, 0.3) is 0 Å². The molecule has 0 aromatic heterocycles. The van der Waals surface area contributed by atoms with Gasteiger partial charge in [-0.3, -0.25) is 9.59 Å². The first-order valence-corrected chi connectivity index (χ1v) is 12.7. The molecule has 0 bridgehead atoms. The fourth-order valence-electron chi connectivity index (χ4n) is 3.93. The molecule has 0 unspecified atom stereocenters. The van der Waals surface area contributed by atoms with Crippen LogP contribution in [0.15, 0.2) is 53.4 Å². The van der Waals surface area contributed by atoms with Crippen LogP contribution in [0.25, 0.3) is 0 Å². The second kappa shape index (κ2) is 11.4. The van der Waals surface area contributed by atoms with E-state index in [4.69, 9.17) is 0 Å². The average molecular weight is 503 g/mol. The SMILES string of the molecule is CNCC(=O)Nc1ccc(C[C@H](NC(=O)[C@@H]2CCCN2S(=O)(=O)c2ccc(C)cc2)C(=O)O)cc1. The quantitative estimate of drug-likeness (QED) is 0.381. The molecule has 2 aromatic rings. The van der Waals surface area contributed by atoms with Crippen LogP contribution in [-0.2, 0) is 30.8 Å². The van der Waals surface area contributed by atoms with Gasteiger partial charge in [-0.25, -0.2) is 13.2 Å². The van der Waals surface area contributed by atoms with E-state index in [0.29, 0.717) is 24.1 Å². The Balaban J connectivity index is 1.68. The number of carboxylic acid groups (broad SMARTS) is 1. The molecule has 10 nitrogen and oxygen atoms in total. The number of carbonyl (C=O) groups is 3. The number of rotatable bonds is 10. The van der Waals surface area contributed by atoms with Crippen molar-refractivity contribution in [2.75, 3.05) is 25.5 Å². The molecule has 0 aliphatic carbocycles. The number of benzene rings is 2. The van der Waals surface area contributed by atoms with Gasteiger partial charge in [0.2, 0.25) is 21.8 Å². The molecular weight excluding hydrogens is 472 g/mol. The van der Waals surface area contributed by atoms with E-state index in [1.165, 1.54) is 12.1 Å². The number of carboxylic acids is 1. The highest BCUT2D eigenvalue weighted by molar-refractivity contribution is 7.89. The molecule has 1 aliphatic rings. The number of aryl methyl sites for hydroxylation is 1. The number of hydrogen-bond acceptors (Lipinski definition) is 6. The van der Waals surface area contributed by atoms with Gasteiger partial charge in [-0.05, 0) is 56.6 Å². The zero-order valence-electron chi connectivity index (χ0n) is 19.7. The summed E-state index contributed by atoms with van der Waals surface area (Å²) < 4.78 is 27.4.